The third kappa shape index (κ3) is 3.83. The minimum atomic E-state index is -1.09. The van der Waals surface area contributed by atoms with E-state index >= 15 is 4.39 Å². The molecule has 8 nitrogen and oxygen atoms in total. The minimum Gasteiger partial charge on any atom is -0.366 e. The summed E-state index contributed by atoms with van der Waals surface area (Å²) in [5.41, 5.74) is 3.43. The molecule has 1 aliphatic carbocycles. The third-order valence-corrected chi connectivity index (χ3v) is 6.69. The molecule has 2 N–H and O–H groups in total. The smallest absolute Gasteiger partial charge is 0.231 e. The van der Waals surface area contributed by atoms with Crippen molar-refractivity contribution < 1.29 is 13.6 Å². The van der Waals surface area contributed by atoms with Crippen LogP contribution in [0.15, 0.2) is 55.2 Å². The average Bonchev–Trinajstić information content (AvgIpc) is 3.22. The number of aromatic nitrogens is 5. The number of rotatable bonds is 6. The number of anilines is 2. The molecule has 2 unspecified atom stereocenters. The lowest BCUT2D eigenvalue weighted by molar-refractivity contribution is -0.117. The quantitative estimate of drug-likeness (QED) is 0.337. The van der Waals surface area contributed by atoms with Gasteiger partial charge in [0, 0.05) is 48.7 Å². The van der Waals surface area contributed by atoms with Gasteiger partial charge in [-0.15, -0.1) is 0 Å². The lowest BCUT2D eigenvalue weighted by Gasteiger charge is -2.22. The van der Waals surface area contributed by atoms with Gasteiger partial charge < -0.3 is 14.6 Å². The molecule has 0 aliphatic heterocycles. The Hall–Kier alpha value is -4.05. The zero-order valence-electron chi connectivity index (χ0n) is 19.0. The van der Waals surface area contributed by atoms with Crippen LogP contribution in [0, 0.1) is 11.7 Å². The number of amides is 1. The first-order valence-corrected chi connectivity index (χ1v) is 11.7. The third-order valence-electron chi connectivity index (χ3n) is 6.33. The molecule has 0 bridgehead atoms. The highest BCUT2D eigenvalue weighted by atomic mass is 35.5. The SMILES string of the molecule is CN(Cc1cccnc1)c1c(F)c(Cl)c(-c2ccc3nc(NC(=O)C4CC4F)cn3c2)c2cn[nH]c12. The van der Waals surface area contributed by atoms with Gasteiger partial charge in [0.25, 0.3) is 0 Å². The molecule has 1 aliphatic rings. The summed E-state index contributed by atoms with van der Waals surface area (Å²) in [6.07, 6.45) is 7.55. The number of fused-ring (bicyclic) bond motifs is 2. The van der Waals surface area contributed by atoms with Gasteiger partial charge in [-0.3, -0.25) is 14.9 Å². The predicted molar refractivity (Wildman–Crippen MR) is 133 cm³/mol. The zero-order chi connectivity index (χ0) is 25.0. The van der Waals surface area contributed by atoms with Crippen molar-refractivity contribution in [2.45, 2.75) is 19.1 Å². The van der Waals surface area contributed by atoms with Crippen LogP contribution < -0.4 is 10.2 Å². The molecule has 182 valence electrons. The lowest BCUT2D eigenvalue weighted by atomic mass is 10.0. The largest absolute Gasteiger partial charge is 0.366 e. The van der Waals surface area contributed by atoms with Crippen molar-refractivity contribution in [1.82, 2.24) is 24.6 Å². The second-order valence-corrected chi connectivity index (χ2v) is 9.26. The number of nitrogens with one attached hydrogen (secondary N) is 2. The molecule has 4 heterocycles. The van der Waals surface area contributed by atoms with Crippen LogP contribution >= 0.6 is 11.6 Å². The van der Waals surface area contributed by atoms with Gasteiger partial charge in [0.15, 0.2) is 11.6 Å². The van der Waals surface area contributed by atoms with E-state index in [1.54, 1.807) is 59.5 Å². The average molecular weight is 508 g/mol. The van der Waals surface area contributed by atoms with E-state index in [1.807, 2.05) is 12.1 Å². The Morgan fingerprint density at radius 2 is 2.14 bits per heavy atom. The van der Waals surface area contributed by atoms with Gasteiger partial charge in [-0.1, -0.05) is 17.7 Å². The van der Waals surface area contributed by atoms with Crippen molar-refractivity contribution in [3.63, 3.8) is 0 Å². The Morgan fingerprint density at radius 1 is 1.31 bits per heavy atom. The second kappa shape index (κ2) is 8.56. The van der Waals surface area contributed by atoms with E-state index in [0.717, 1.165) is 5.56 Å². The molecule has 4 aromatic heterocycles. The maximum atomic E-state index is 15.7. The molecule has 6 rings (SSSR count). The minimum absolute atomic E-state index is 0.0346. The molecular weight excluding hydrogens is 488 g/mol. The molecule has 1 fully saturated rings. The van der Waals surface area contributed by atoms with Gasteiger partial charge in [0.2, 0.25) is 5.91 Å². The zero-order valence-corrected chi connectivity index (χ0v) is 19.8. The number of alkyl halides is 1. The number of H-pyrrole nitrogens is 1. The molecule has 5 aromatic rings. The van der Waals surface area contributed by atoms with Crippen molar-refractivity contribution in [2.75, 3.05) is 17.3 Å². The Morgan fingerprint density at radius 3 is 2.89 bits per heavy atom. The number of nitrogens with zero attached hydrogens (tertiary/aromatic N) is 5. The normalized spacial score (nSPS) is 17.0. The van der Waals surface area contributed by atoms with E-state index in [2.05, 4.69) is 25.5 Å². The number of aromatic amines is 1. The Bertz CT molecular complexity index is 1620. The predicted octanol–water partition coefficient (Wildman–Crippen LogP) is 5.00. The monoisotopic (exact) mass is 507 g/mol. The lowest BCUT2D eigenvalue weighted by Crippen LogP contribution is -2.18. The first-order valence-electron chi connectivity index (χ1n) is 11.3. The maximum absolute atomic E-state index is 15.7. The van der Waals surface area contributed by atoms with Crippen LogP contribution in [0.2, 0.25) is 5.02 Å². The Kier molecular flexibility index (Phi) is 5.33. The van der Waals surface area contributed by atoms with Gasteiger partial charge in [0.1, 0.15) is 17.5 Å². The molecule has 1 amide bonds. The van der Waals surface area contributed by atoms with Crippen molar-refractivity contribution >= 4 is 45.6 Å². The first-order chi connectivity index (χ1) is 17.4. The second-order valence-electron chi connectivity index (χ2n) is 8.88. The highest BCUT2D eigenvalue weighted by Gasteiger charge is 2.43. The fourth-order valence-electron chi connectivity index (χ4n) is 4.44. The molecule has 1 aromatic carbocycles. The van der Waals surface area contributed by atoms with Crippen LogP contribution in [0.4, 0.5) is 20.3 Å². The fraction of sp³-hybridized carbons (Fsp3) is 0.200. The summed E-state index contributed by atoms with van der Waals surface area (Å²) < 4.78 is 30.6. The van der Waals surface area contributed by atoms with Crippen molar-refractivity contribution in [2.24, 2.45) is 5.92 Å². The van der Waals surface area contributed by atoms with E-state index in [4.69, 9.17) is 11.6 Å². The topological polar surface area (TPSA) is 91.2 Å². The number of benzene rings is 1. The van der Waals surface area contributed by atoms with E-state index in [-0.39, 0.29) is 17.4 Å². The standard InChI is InChI=1S/C25H20ClF2N7O/c1-34(10-13-3-2-6-29-8-13)24-22(28)21(26)20(16-9-30-33-23(16)24)14-4-5-19-31-18(12-35(19)11-14)32-25(36)15-7-17(15)27/h2-6,8-9,11-12,15,17H,7,10H2,1H3,(H,30,33)(H,32,36). The highest BCUT2D eigenvalue weighted by Crippen LogP contribution is 2.42. The molecule has 36 heavy (non-hydrogen) atoms. The van der Waals surface area contributed by atoms with Gasteiger partial charge in [-0.2, -0.15) is 5.10 Å². The molecule has 1 saturated carbocycles. The number of carbonyl (C=O) groups is 1. The summed E-state index contributed by atoms with van der Waals surface area (Å²) in [4.78, 5) is 22.3. The molecular formula is C25H20ClF2N7O. The van der Waals surface area contributed by atoms with E-state index in [1.165, 1.54) is 0 Å². The summed E-state index contributed by atoms with van der Waals surface area (Å²) in [6, 6.07) is 7.26. The van der Waals surface area contributed by atoms with Crippen LogP contribution in [0.3, 0.4) is 0 Å². The molecule has 0 radical (unpaired) electrons. The van der Waals surface area contributed by atoms with Crippen LogP contribution in [0.1, 0.15) is 12.0 Å². The van der Waals surface area contributed by atoms with Crippen LogP contribution in [-0.4, -0.2) is 43.7 Å². The summed E-state index contributed by atoms with van der Waals surface area (Å²) in [7, 11) is 1.78. The van der Waals surface area contributed by atoms with Crippen molar-refractivity contribution in [1.29, 1.82) is 0 Å². The highest BCUT2D eigenvalue weighted by molar-refractivity contribution is 6.36. The number of hydrogen-bond donors (Lipinski definition) is 2. The fourth-order valence-corrected chi connectivity index (χ4v) is 4.74. The Labute approximate surface area is 208 Å². The van der Waals surface area contributed by atoms with Gasteiger partial charge in [-0.25, -0.2) is 13.8 Å². The molecule has 11 heteroatoms. The molecule has 0 saturated heterocycles. The maximum Gasteiger partial charge on any atom is 0.231 e. The van der Waals surface area contributed by atoms with Crippen LogP contribution in [0.25, 0.3) is 27.7 Å². The van der Waals surface area contributed by atoms with Crippen molar-refractivity contribution in [3.05, 3.63) is 71.7 Å². The number of pyridine rings is 2. The van der Waals surface area contributed by atoms with Crippen LogP contribution in [-0.2, 0) is 11.3 Å². The van der Waals surface area contributed by atoms with E-state index in [9.17, 15) is 9.18 Å². The number of halogens is 3. The van der Waals surface area contributed by atoms with Gasteiger partial charge in [-0.05, 0) is 30.2 Å². The summed E-state index contributed by atoms with van der Waals surface area (Å²) in [6.45, 7) is 0.425. The summed E-state index contributed by atoms with van der Waals surface area (Å²) >= 11 is 6.62. The van der Waals surface area contributed by atoms with Crippen LogP contribution in [0.5, 0.6) is 0 Å². The van der Waals surface area contributed by atoms with Gasteiger partial charge in [0.05, 0.1) is 28.9 Å². The van der Waals surface area contributed by atoms with Crippen molar-refractivity contribution in [3.8, 4) is 11.1 Å². The molecule has 0 spiro atoms. The van der Waals surface area contributed by atoms with E-state index in [0.29, 0.717) is 45.7 Å². The number of carbonyl (C=O) groups excluding carboxylic acids is 1. The Balaban J connectivity index is 1.38. The summed E-state index contributed by atoms with van der Waals surface area (Å²) in [5.74, 6) is -1.26. The number of imidazole rings is 1. The molecule has 2 atom stereocenters. The van der Waals surface area contributed by atoms with Gasteiger partial charge >= 0.3 is 0 Å². The summed E-state index contributed by atoms with van der Waals surface area (Å²) in [5, 5.41) is 10.3. The first kappa shape index (κ1) is 22.4. The van der Waals surface area contributed by atoms with E-state index < -0.39 is 17.9 Å². The number of hydrogen-bond acceptors (Lipinski definition) is 5.